The Labute approximate surface area is 151 Å². The highest BCUT2D eigenvalue weighted by atomic mass is 16.5. The first kappa shape index (κ1) is 19.4. The van der Waals surface area contributed by atoms with E-state index in [2.05, 4.69) is 10.7 Å². The van der Waals surface area contributed by atoms with Gasteiger partial charge in [-0.15, -0.1) is 0 Å². The molecule has 0 aliphatic carbocycles. The average molecular weight is 361 g/mol. The van der Waals surface area contributed by atoms with Gasteiger partial charge < -0.3 is 10.1 Å². The molecule has 2 N–H and O–H groups in total. The lowest BCUT2D eigenvalue weighted by Gasteiger charge is -2.21. The van der Waals surface area contributed by atoms with E-state index in [4.69, 9.17) is 4.74 Å². The van der Waals surface area contributed by atoms with Crippen molar-refractivity contribution < 1.29 is 23.9 Å². The molecule has 0 saturated carbocycles. The molecule has 0 radical (unpaired) electrons. The number of nitrogens with zero attached hydrogens (tertiary/aromatic N) is 1. The van der Waals surface area contributed by atoms with Crippen LogP contribution in [0.15, 0.2) is 30.3 Å². The molecular weight excluding hydrogens is 338 g/mol. The largest absolute Gasteiger partial charge is 0.455 e. The molecule has 8 nitrogen and oxygen atoms in total. The van der Waals surface area contributed by atoms with Crippen molar-refractivity contribution in [3.05, 3.63) is 35.9 Å². The highest BCUT2D eigenvalue weighted by molar-refractivity contribution is 6.07. The molecule has 26 heavy (non-hydrogen) atoms. The van der Waals surface area contributed by atoms with Crippen LogP contribution in [0.4, 0.5) is 4.79 Å². The highest BCUT2D eigenvalue weighted by Gasteiger charge is 2.48. The average Bonchev–Trinajstić information content (AvgIpc) is 2.82. The standard InChI is InChI=1S/C18H23N3O5/c1-12(2)15(23)26-11-14(22)20-21-16(24)18(3,19-17(21)25)10-9-13-7-5-4-6-8-13/h4-8,12H,9-11H2,1-3H3,(H,19,25)(H,20,22)/t18-/m1/s1. The molecule has 1 saturated heterocycles. The van der Waals surface area contributed by atoms with Crippen molar-refractivity contribution in [3.8, 4) is 0 Å². The Balaban J connectivity index is 1.92. The molecule has 1 aliphatic rings. The van der Waals surface area contributed by atoms with Crippen molar-refractivity contribution in [1.82, 2.24) is 15.8 Å². The minimum atomic E-state index is -1.12. The first-order valence-electron chi connectivity index (χ1n) is 8.39. The minimum Gasteiger partial charge on any atom is -0.455 e. The van der Waals surface area contributed by atoms with Crippen LogP contribution in [-0.2, 0) is 25.5 Å². The summed E-state index contributed by atoms with van der Waals surface area (Å²) in [7, 11) is 0. The number of benzene rings is 1. The first-order valence-corrected chi connectivity index (χ1v) is 8.39. The van der Waals surface area contributed by atoms with E-state index in [0.29, 0.717) is 17.9 Å². The number of hydrazine groups is 1. The minimum absolute atomic E-state index is 0.374. The number of carbonyl (C=O) groups excluding carboxylic acids is 4. The smallest absolute Gasteiger partial charge is 0.344 e. The lowest BCUT2D eigenvalue weighted by Crippen LogP contribution is -2.50. The van der Waals surface area contributed by atoms with Crippen molar-refractivity contribution in [3.63, 3.8) is 0 Å². The Morgan fingerprint density at radius 2 is 1.88 bits per heavy atom. The third-order valence-corrected chi connectivity index (χ3v) is 4.07. The Hall–Kier alpha value is -2.90. The number of hydrogen-bond acceptors (Lipinski definition) is 5. The van der Waals surface area contributed by atoms with Crippen molar-refractivity contribution in [2.75, 3.05) is 6.61 Å². The second-order valence-corrected chi connectivity index (χ2v) is 6.69. The number of ether oxygens (including phenoxy) is 1. The van der Waals surface area contributed by atoms with Crippen molar-refractivity contribution in [2.24, 2.45) is 5.92 Å². The third kappa shape index (κ3) is 4.59. The molecule has 2 rings (SSSR count). The normalized spacial score (nSPS) is 19.5. The van der Waals surface area contributed by atoms with E-state index in [1.54, 1.807) is 20.8 Å². The second-order valence-electron chi connectivity index (χ2n) is 6.69. The van der Waals surface area contributed by atoms with Crippen LogP contribution in [0.2, 0.25) is 0 Å². The quantitative estimate of drug-likeness (QED) is 0.560. The van der Waals surface area contributed by atoms with Crippen molar-refractivity contribution in [1.29, 1.82) is 0 Å². The summed E-state index contributed by atoms with van der Waals surface area (Å²) < 4.78 is 4.78. The van der Waals surface area contributed by atoms with E-state index in [1.807, 2.05) is 30.3 Å². The first-order chi connectivity index (χ1) is 12.2. The lowest BCUT2D eigenvalue weighted by atomic mass is 9.93. The summed E-state index contributed by atoms with van der Waals surface area (Å²) in [6, 6.07) is 8.86. The summed E-state index contributed by atoms with van der Waals surface area (Å²) >= 11 is 0. The maximum Gasteiger partial charge on any atom is 0.344 e. The van der Waals surface area contributed by atoms with Crippen LogP contribution in [-0.4, -0.2) is 41.0 Å². The molecule has 1 aromatic rings. The van der Waals surface area contributed by atoms with Crippen LogP contribution in [0.25, 0.3) is 0 Å². The fraction of sp³-hybridized carbons (Fsp3) is 0.444. The number of hydrogen-bond donors (Lipinski definition) is 2. The number of urea groups is 1. The van der Waals surface area contributed by atoms with Crippen LogP contribution in [0.1, 0.15) is 32.8 Å². The van der Waals surface area contributed by atoms with Gasteiger partial charge in [-0.3, -0.25) is 19.8 Å². The van der Waals surface area contributed by atoms with Gasteiger partial charge in [0.2, 0.25) is 0 Å². The molecule has 1 aliphatic heterocycles. The van der Waals surface area contributed by atoms with E-state index < -0.39 is 36.0 Å². The Bertz CT molecular complexity index is 704. The molecule has 4 amide bonds. The zero-order chi connectivity index (χ0) is 19.3. The van der Waals surface area contributed by atoms with Gasteiger partial charge in [-0.25, -0.2) is 4.79 Å². The maximum absolute atomic E-state index is 12.6. The van der Waals surface area contributed by atoms with E-state index in [1.165, 1.54) is 0 Å². The summed E-state index contributed by atoms with van der Waals surface area (Å²) in [5, 5.41) is 3.24. The summed E-state index contributed by atoms with van der Waals surface area (Å²) in [4.78, 5) is 47.8. The predicted octanol–water partition coefficient (Wildman–Crippen LogP) is 1.16. The van der Waals surface area contributed by atoms with Crippen LogP contribution < -0.4 is 10.7 Å². The Morgan fingerprint density at radius 3 is 2.50 bits per heavy atom. The molecular formula is C18H23N3O5. The fourth-order valence-corrected chi connectivity index (χ4v) is 2.45. The Morgan fingerprint density at radius 1 is 1.23 bits per heavy atom. The zero-order valence-corrected chi connectivity index (χ0v) is 15.1. The molecule has 0 spiro atoms. The van der Waals surface area contributed by atoms with Gasteiger partial charge >= 0.3 is 12.0 Å². The summed E-state index contributed by atoms with van der Waals surface area (Å²) in [5.74, 6) is -2.22. The predicted molar refractivity (Wildman–Crippen MR) is 92.5 cm³/mol. The monoisotopic (exact) mass is 361 g/mol. The van der Waals surface area contributed by atoms with Gasteiger partial charge in [0.15, 0.2) is 6.61 Å². The van der Waals surface area contributed by atoms with Gasteiger partial charge in [0.05, 0.1) is 5.92 Å². The number of amides is 4. The summed E-state index contributed by atoms with van der Waals surface area (Å²) in [5.41, 5.74) is 2.11. The van der Waals surface area contributed by atoms with Crippen LogP contribution in [0.3, 0.4) is 0 Å². The highest BCUT2D eigenvalue weighted by Crippen LogP contribution is 2.22. The summed E-state index contributed by atoms with van der Waals surface area (Å²) in [6.07, 6.45) is 0.980. The summed E-state index contributed by atoms with van der Waals surface area (Å²) in [6.45, 7) is 4.32. The molecule has 1 heterocycles. The van der Waals surface area contributed by atoms with Crippen LogP contribution in [0, 0.1) is 5.92 Å². The number of esters is 1. The van der Waals surface area contributed by atoms with Crippen molar-refractivity contribution in [2.45, 2.75) is 39.2 Å². The number of nitrogens with one attached hydrogen (secondary N) is 2. The fourth-order valence-electron chi connectivity index (χ4n) is 2.45. The van der Waals surface area contributed by atoms with Gasteiger partial charge in [0, 0.05) is 0 Å². The number of aryl methyl sites for hydroxylation is 1. The van der Waals surface area contributed by atoms with E-state index in [0.717, 1.165) is 5.56 Å². The van der Waals surface area contributed by atoms with Crippen LogP contribution in [0.5, 0.6) is 0 Å². The topological polar surface area (TPSA) is 105 Å². The van der Waals surface area contributed by atoms with Gasteiger partial charge in [-0.05, 0) is 25.3 Å². The second kappa shape index (κ2) is 7.99. The molecule has 0 unspecified atom stereocenters. The number of rotatable bonds is 7. The SMILES string of the molecule is CC(C)C(=O)OCC(=O)NN1C(=O)N[C@](C)(CCc2ccccc2)C1=O. The molecule has 140 valence electrons. The molecule has 1 fully saturated rings. The van der Waals surface area contributed by atoms with E-state index >= 15 is 0 Å². The Kier molecular flexibility index (Phi) is 5.97. The van der Waals surface area contributed by atoms with Gasteiger partial charge in [-0.1, -0.05) is 44.2 Å². The molecule has 8 heteroatoms. The molecule has 1 atom stereocenters. The molecule has 1 aromatic carbocycles. The third-order valence-electron chi connectivity index (χ3n) is 4.07. The van der Waals surface area contributed by atoms with E-state index in [9.17, 15) is 19.2 Å². The molecule has 0 aromatic heterocycles. The van der Waals surface area contributed by atoms with Gasteiger partial charge in [0.25, 0.3) is 11.8 Å². The van der Waals surface area contributed by atoms with E-state index in [-0.39, 0.29) is 5.92 Å². The van der Waals surface area contributed by atoms with Crippen molar-refractivity contribution >= 4 is 23.8 Å². The van der Waals surface area contributed by atoms with Gasteiger partial charge in [0.1, 0.15) is 5.54 Å². The lowest BCUT2D eigenvalue weighted by molar-refractivity contribution is -0.153. The number of imide groups is 1. The van der Waals surface area contributed by atoms with Gasteiger partial charge in [-0.2, -0.15) is 5.01 Å². The number of carbonyl (C=O) groups is 4. The molecule has 0 bridgehead atoms. The maximum atomic E-state index is 12.6. The van der Waals surface area contributed by atoms with Crippen LogP contribution >= 0.6 is 0 Å². The zero-order valence-electron chi connectivity index (χ0n) is 15.1.